The van der Waals surface area contributed by atoms with E-state index in [-0.39, 0.29) is 11.9 Å². The number of aliphatic hydroxyl groups is 3. The van der Waals surface area contributed by atoms with Crippen molar-refractivity contribution in [2.45, 2.75) is 81.5 Å². The van der Waals surface area contributed by atoms with E-state index < -0.39 is 38.9 Å². The molecule has 4 unspecified atom stereocenters. The van der Waals surface area contributed by atoms with E-state index in [4.69, 9.17) is 9.47 Å². The maximum absolute atomic E-state index is 10.4. The first-order valence-corrected chi connectivity index (χ1v) is 11.7. The smallest absolute Gasteiger partial charge is 0.186 e. The van der Waals surface area contributed by atoms with Crippen molar-refractivity contribution in [2.24, 2.45) is 0 Å². The van der Waals surface area contributed by atoms with Gasteiger partial charge in [0.1, 0.15) is 24.1 Å². The van der Waals surface area contributed by atoms with E-state index in [2.05, 4.69) is 0 Å². The van der Waals surface area contributed by atoms with E-state index >= 15 is 0 Å². The fourth-order valence-electron chi connectivity index (χ4n) is 3.85. The van der Waals surface area contributed by atoms with E-state index in [0.717, 1.165) is 25.7 Å². The van der Waals surface area contributed by atoms with Gasteiger partial charge in [0.25, 0.3) is 0 Å². The van der Waals surface area contributed by atoms with Gasteiger partial charge in [-0.25, -0.2) is 0 Å². The van der Waals surface area contributed by atoms with Gasteiger partial charge in [0.2, 0.25) is 0 Å². The van der Waals surface area contributed by atoms with Crippen LogP contribution in [0.2, 0.25) is 0 Å². The molecule has 28 heavy (non-hydrogen) atoms. The van der Waals surface area contributed by atoms with Crippen molar-refractivity contribution in [3.63, 3.8) is 0 Å². The highest BCUT2D eigenvalue weighted by molar-refractivity contribution is 7.50. The Hall–Kier alpha value is -0.790. The molecule has 0 amide bonds. The van der Waals surface area contributed by atoms with Crippen LogP contribution in [0.4, 0.5) is 0 Å². The molecule has 2 fully saturated rings. The summed E-state index contributed by atoms with van der Waals surface area (Å²) < 4.78 is 11.7. The summed E-state index contributed by atoms with van der Waals surface area (Å²) in [5.74, 6) is 0.150. The number of benzene rings is 1. The van der Waals surface area contributed by atoms with Crippen molar-refractivity contribution in [3.8, 4) is 5.75 Å². The molecule has 2 aliphatic rings. The highest BCUT2D eigenvalue weighted by Crippen LogP contribution is 2.39. The number of hydrogen-bond acceptors (Lipinski definition) is 7. The molecule has 5 N–H and O–H groups in total. The third-order valence-corrected chi connectivity index (χ3v) is 7.04. The van der Waals surface area contributed by atoms with Crippen molar-refractivity contribution in [3.05, 3.63) is 29.8 Å². The molecule has 1 aromatic carbocycles. The first-order valence-electron chi connectivity index (χ1n) is 10.0. The summed E-state index contributed by atoms with van der Waals surface area (Å²) in [7, 11) is -1.41. The fraction of sp³-hybridized carbons (Fsp3) is 0.700. The van der Waals surface area contributed by atoms with E-state index in [1.807, 2.05) is 0 Å². The quantitative estimate of drug-likeness (QED) is 0.432. The van der Waals surface area contributed by atoms with Crippen LogP contribution in [-0.2, 0) is 15.6 Å². The molecule has 1 heterocycles. The summed E-state index contributed by atoms with van der Waals surface area (Å²) in [4.78, 5) is 10.4. The van der Waals surface area contributed by atoms with E-state index in [0.29, 0.717) is 24.3 Å². The monoisotopic (exact) mass is 414 g/mol. The standard InChI is InChI=1S/C20H31O7P/c21-15-9-5-4-6-13(15)12-28(25)11-10-16-17(22)18(23)19(24)20(27-16)26-14-7-2-1-3-8-14/h4-6,9,14,16-25H,1-3,7-8,10-12H2/t16?,17-,18?,19?,20+,28?/m1/s1. The Morgan fingerprint density at radius 2 is 1.71 bits per heavy atom. The van der Waals surface area contributed by atoms with E-state index in [1.165, 1.54) is 6.42 Å². The Bertz CT molecular complexity index is 610. The first-order chi connectivity index (χ1) is 13.5. The van der Waals surface area contributed by atoms with Crippen LogP contribution in [0.25, 0.3) is 0 Å². The third-order valence-electron chi connectivity index (χ3n) is 5.56. The van der Waals surface area contributed by atoms with E-state index in [9.17, 15) is 25.3 Å². The van der Waals surface area contributed by atoms with Gasteiger partial charge in [-0.15, -0.1) is 0 Å². The first kappa shape index (κ1) is 21.9. The second kappa shape index (κ2) is 10.3. The van der Waals surface area contributed by atoms with Crippen LogP contribution >= 0.6 is 8.15 Å². The van der Waals surface area contributed by atoms with Crippen LogP contribution in [0, 0.1) is 0 Å². The highest BCUT2D eigenvalue weighted by Gasteiger charge is 2.45. The number of aromatic hydroxyl groups is 1. The molecule has 1 saturated heterocycles. The van der Waals surface area contributed by atoms with Crippen LogP contribution in [-0.4, -0.2) is 68.3 Å². The predicted octanol–water partition coefficient (Wildman–Crippen LogP) is 1.83. The van der Waals surface area contributed by atoms with Gasteiger partial charge in [-0.3, -0.25) is 0 Å². The Morgan fingerprint density at radius 3 is 2.43 bits per heavy atom. The minimum absolute atomic E-state index is 0.00693. The lowest BCUT2D eigenvalue weighted by atomic mass is 9.96. The zero-order chi connectivity index (χ0) is 20.1. The molecular formula is C20H31O7P. The summed E-state index contributed by atoms with van der Waals surface area (Å²) >= 11 is 0. The number of phenols is 1. The SMILES string of the molecule is Oc1ccccc1CP(O)CCC1O[C@H](OC2CCCCC2)C(O)C(O)[C@@H]1O. The highest BCUT2D eigenvalue weighted by atomic mass is 31.1. The van der Waals surface area contributed by atoms with Gasteiger partial charge in [0.15, 0.2) is 6.29 Å². The molecule has 1 aliphatic carbocycles. The van der Waals surface area contributed by atoms with Crippen molar-refractivity contribution < 1.29 is 34.8 Å². The number of aliphatic hydroxyl groups excluding tert-OH is 3. The molecule has 1 aliphatic heterocycles. The molecule has 0 spiro atoms. The molecule has 0 bridgehead atoms. The van der Waals surface area contributed by atoms with Crippen LogP contribution in [0.15, 0.2) is 24.3 Å². The molecule has 0 radical (unpaired) electrons. The number of phenolic OH excluding ortho intramolecular Hbond substituents is 1. The number of hydrogen-bond donors (Lipinski definition) is 5. The van der Waals surface area contributed by atoms with Gasteiger partial charge in [0, 0.05) is 19.9 Å². The zero-order valence-corrected chi connectivity index (χ0v) is 16.8. The number of rotatable bonds is 7. The summed E-state index contributed by atoms with van der Waals surface area (Å²) in [6, 6.07) is 6.87. The van der Waals surface area contributed by atoms with Gasteiger partial charge in [-0.1, -0.05) is 37.5 Å². The molecule has 1 aromatic rings. The average molecular weight is 414 g/mol. The second-order valence-electron chi connectivity index (χ2n) is 7.72. The molecule has 8 heteroatoms. The van der Waals surface area contributed by atoms with Crippen molar-refractivity contribution in [2.75, 3.05) is 6.16 Å². The van der Waals surface area contributed by atoms with Gasteiger partial charge < -0.3 is 34.8 Å². The maximum atomic E-state index is 10.4. The zero-order valence-electron chi connectivity index (χ0n) is 15.9. The lowest BCUT2D eigenvalue weighted by Crippen LogP contribution is -2.58. The van der Waals surface area contributed by atoms with Crippen LogP contribution in [0.1, 0.15) is 44.1 Å². The van der Waals surface area contributed by atoms with Crippen molar-refractivity contribution in [1.29, 1.82) is 0 Å². The van der Waals surface area contributed by atoms with Gasteiger partial charge in [0.05, 0.1) is 12.2 Å². The molecular weight excluding hydrogens is 383 g/mol. The minimum atomic E-state index is -1.41. The summed E-state index contributed by atoms with van der Waals surface area (Å²) in [6.07, 6.45) is 0.567. The Morgan fingerprint density at radius 1 is 1.00 bits per heavy atom. The Balaban J connectivity index is 1.53. The van der Waals surface area contributed by atoms with Crippen molar-refractivity contribution in [1.82, 2.24) is 0 Å². The lowest BCUT2D eigenvalue weighted by molar-refractivity contribution is -0.309. The normalized spacial score (nSPS) is 32.9. The van der Waals surface area contributed by atoms with Crippen LogP contribution in [0.5, 0.6) is 5.75 Å². The Labute approximate surface area is 166 Å². The molecule has 1 saturated carbocycles. The molecule has 3 rings (SSSR count). The second-order valence-corrected chi connectivity index (χ2v) is 9.49. The number of para-hydroxylation sites is 1. The summed E-state index contributed by atoms with van der Waals surface area (Å²) in [5, 5.41) is 40.5. The minimum Gasteiger partial charge on any atom is -0.508 e. The molecule has 6 atom stereocenters. The fourth-order valence-corrected chi connectivity index (χ4v) is 5.23. The summed E-state index contributed by atoms with van der Waals surface area (Å²) in [6.45, 7) is 0. The summed E-state index contributed by atoms with van der Waals surface area (Å²) in [5.41, 5.74) is 0.676. The van der Waals surface area contributed by atoms with E-state index in [1.54, 1.807) is 24.3 Å². The Kier molecular flexibility index (Phi) is 8.06. The van der Waals surface area contributed by atoms with Gasteiger partial charge in [-0.05, 0) is 31.5 Å². The van der Waals surface area contributed by atoms with Gasteiger partial charge in [-0.2, -0.15) is 0 Å². The maximum Gasteiger partial charge on any atom is 0.186 e. The van der Waals surface area contributed by atoms with Gasteiger partial charge >= 0.3 is 0 Å². The lowest BCUT2D eigenvalue weighted by Gasteiger charge is -2.42. The van der Waals surface area contributed by atoms with Crippen LogP contribution in [0.3, 0.4) is 0 Å². The van der Waals surface area contributed by atoms with Crippen molar-refractivity contribution >= 4 is 8.15 Å². The van der Waals surface area contributed by atoms with Crippen LogP contribution < -0.4 is 0 Å². The largest absolute Gasteiger partial charge is 0.508 e. The predicted molar refractivity (Wildman–Crippen MR) is 105 cm³/mol. The molecule has 158 valence electrons. The number of ether oxygens (including phenoxy) is 2. The third kappa shape index (κ3) is 5.63. The molecule has 7 nitrogen and oxygen atoms in total. The topological polar surface area (TPSA) is 120 Å². The average Bonchev–Trinajstić information content (AvgIpc) is 2.70. The molecule has 0 aromatic heterocycles.